The Morgan fingerprint density at radius 1 is 1.53 bits per heavy atom. The van der Waals surface area contributed by atoms with Crippen molar-refractivity contribution in [3.8, 4) is 0 Å². The molecule has 0 bridgehead atoms. The third-order valence-electron chi connectivity index (χ3n) is 3.40. The molecular weight excluding hydrogens is 306 g/mol. The Kier molecular flexibility index (Phi) is 4.69. The number of nitrogens with two attached hydrogens (primary N) is 1. The number of nitrogens with zero attached hydrogens (tertiary/aromatic N) is 2. The van der Waals surface area contributed by atoms with Crippen LogP contribution in [0.1, 0.15) is 38.2 Å². The highest BCUT2D eigenvalue weighted by atomic mass is 79.9. The van der Waals surface area contributed by atoms with Crippen LogP contribution in [0.2, 0.25) is 0 Å². The number of anilines is 1. The summed E-state index contributed by atoms with van der Waals surface area (Å²) in [6.07, 6.45) is 4.95. The average molecular weight is 326 g/mol. The first-order valence-electron chi connectivity index (χ1n) is 6.71. The molecule has 0 atom stereocenters. The maximum atomic E-state index is 8.71. The van der Waals surface area contributed by atoms with E-state index in [1.54, 1.807) is 0 Å². The van der Waals surface area contributed by atoms with E-state index >= 15 is 0 Å². The van der Waals surface area contributed by atoms with Crippen molar-refractivity contribution in [3.63, 3.8) is 0 Å². The minimum Gasteiger partial charge on any atom is -0.409 e. The van der Waals surface area contributed by atoms with Gasteiger partial charge in [0.05, 0.1) is 5.69 Å². The summed E-state index contributed by atoms with van der Waals surface area (Å²) in [5.41, 5.74) is 7.53. The molecule has 0 heterocycles. The second-order valence-electron chi connectivity index (χ2n) is 4.93. The molecule has 1 saturated carbocycles. The van der Waals surface area contributed by atoms with Gasteiger partial charge in [0.25, 0.3) is 0 Å². The van der Waals surface area contributed by atoms with Crippen molar-refractivity contribution in [1.82, 2.24) is 0 Å². The van der Waals surface area contributed by atoms with Crippen LogP contribution in [-0.2, 0) is 0 Å². The van der Waals surface area contributed by atoms with Gasteiger partial charge in [-0.2, -0.15) is 0 Å². The lowest BCUT2D eigenvalue weighted by Gasteiger charge is -2.26. The van der Waals surface area contributed by atoms with Gasteiger partial charge in [-0.3, -0.25) is 0 Å². The lowest BCUT2D eigenvalue weighted by Crippen LogP contribution is -2.27. The van der Waals surface area contributed by atoms with E-state index in [1.807, 2.05) is 18.2 Å². The Balaban J connectivity index is 2.22. The van der Waals surface area contributed by atoms with E-state index < -0.39 is 0 Å². The number of rotatable bonds is 6. The van der Waals surface area contributed by atoms with Crippen molar-refractivity contribution in [2.45, 2.75) is 38.6 Å². The van der Waals surface area contributed by atoms with Crippen LogP contribution < -0.4 is 10.6 Å². The first-order valence-corrected chi connectivity index (χ1v) is 7.50. The summed E-state index contributed by atoms with van der Waals surface area (Å²) in [6, 6.07) is 6.53. The van der Waals surface area contributed by atoms with E-state index in [4.69, 9.17) is 10.9 Å². The van der Waals surface area contributed by atoms with Crippen molar-refractivity contribution in [3.05, 3.63) is 28.2 Å². The number of benzene rings is 1. The van der Waals surface area contributed by atoms with Crippen LogP contribution in [0.3, 0.4) is 0 Å². The van der Waals surface area contributed by atoms with Crippen LogP contribution in [0.4, 0.5) is 5.69 Å². The SMILES string of the molecule is CCCCN(c1ccc(/C(N)=N/O)cc1Br)C1CC1. The van der Waals surface area contributed by atoms with Gasteiger partial charge in [0.1, 0.15) is 0 Å². The van der Waals surface area contributed by atoms with Gasteiger partial charge in [-0.15, -0.1) is 0 Å². The Morgan fingerprint density at radius 2 is 2.26 bits per heavy atom. The summed E-state index contributed by atoms with van der Waals surface area (Å²) in [7, 11) is 0. The van der Waals surface area contributed by atoms with Crippen molar-refractivity contribution >= 4 is 27.5 Å². The molecular formula is C14H20BrN3O. The topological polar surface area (TPSA) is 61.8 Å². The van der Waals surface area contributed by atoms with Crippen molar-refractivity contribution in [2.75, 3.05) is 11.4 Å². The van der Waals surface area contributed by atoms with Gasteiger partial charge < -0.3 is 15.8 Å². The van der Waals surface area contributed by atoms with Crippen molar-refractivity contribution < 1.29 is 5.21 Å². The normalized spacial score (nSPS) is 15.6. The molecule has 0 amide bonds. The molecule has 0 saturated heterocycles. The van der Waals surface area contributed by atoms with E-state index in [1.165, 1.54) is 31.4 Å². The molecule has 4 nitrogen and oxygen atoms in total. The minimum atomic E-state index is 0.138. The smallest absolute Gasteiger partial charge is 0.170 e. The number of oxime groups is 1. The summed E-state index contributed by atoms with van der Waals surface area (Å²) in [6.45, 7) is 3.30. The number of unbranched alkanes of at least 4 members (excludes halogenated alkanes) is 1. The third kappa shape index (κ3) is 3.41. The van der Waals surface area contributed by atoms with Gasteiger partial charge >= 0.3 is 0 Å². The molecule has 1 fully saturated rings. The zero-order valence-corrected chi connectivity index (χ0v) is 12.7. The Labute approximate surface area is 122 Å². The fourth-order valence-corrected chi connectivity index (χ4v) is 2.78. The molecule has 1 aromatic carbocycles. The molecule has 2 rings (SSSR count). The van der Waals surface area contributed by atoms with Gasteiger partial charge in [-0.25, -0.2) is 0 Å². The quantitative estimate of drug-likeness (QED) is 0.365. The Hall–Kier alpha value is -1.23. The molecule has 1 aliphatic carbocycles. The van der Waals surface area contributed by atoms with E-state index in [0.717, 1.165) is 16.6 Å². The first-order chi connectivity index (χ1) is 9.17. The van der Waals surface area contributed by atoms with Crippen LogP contribution in [-0.4, -0.2) is 23.6 Å². The van der Waals surface area contributed by atoms with E-state index in [0.29, 0.717) is 6.04 Å². The maximum absolute atomic E-state index is 8.71. The molecule has 19 heavy (non-hydrogen) atoms. The standard InChI is InChI=1S/C14H20BrN3O/c1-2-3-8-18(11-5-6-11)13-7-4-10(9-12(13)15)14(16)17-19/h4,7,9,11,19H,2-3,5-6,8H2,1H3,(H2,16,17). The lowest BCUT2D eigenvalue weighted by atomic mass is 10.1. The van der Waals surface area contributed by atoms with E-state index in [2.05, 4.69) is 32.9 Å². The zero-order chi connectivity index (χ0) is 13.8. The largest absolute Gasteiger partial charge is 0.409 e. The van der Waals surface area contributed by atoms with Gasteiger partial charge in [0.2, 0.25) is 0 Å². The number of halogens is 1. The number of amidine groups is 1. The molecule has 0 unspecified atom stereocenters. The van der Waals surface area contributed by atoms with Gasteiger partial charge in [-0.05, 0) is 53.4 Å². The zero-order valence-electron chi connectivity index (χ0n) is 11.1. The fraction of sp³-hybridized carbons (Fsp3) is 0.500. The highest BCUT2D eigenvalue weighted by Gasteiger charge is 2.29. The third-order valence-corrected chi connectivity index (χ3v) is 4.04. The highest BCUT2D eigenvalue weighted by molar-refractivity contribution is 9.10. The average Bonchev–Trinajstić information content (AvgIpc) is 3.24. The second kappa shape index (κ2) is 6.28. The van der Waals surface area contributed by atoms with Gasteiger partial charge in [0, 0.05) is 22.6 Å². The minimum absolute atomic E-state index is 0.138. The summed E-state index contributed by atoms with van der Waals surface area (Å²) in [5, 5.41) is 11.7. The number of hydrogen-bond donors (Lipinski definition) is 2. The predicted molar refractivity (Wildman–Crippen MR) is 81.9 cm³/mol. The Bertz CT molecular complexity index is 472. The van der Waals surface area contributed by atoms with Crippen LogP contribution >= 0.6 is 15.9 Å². The first kappa shape index (κ1) is 14.2. The molecule has 0 aliphatic heterocycles. The summed E-state index contributed by atoms with van der Waals surface area (Å²) >= 11 is 3.60. The molecule has 0 radical (unpaired) electrons. The molecule has 1 aromatic rings. The molecule has 3 N–H and O–H groups in total. The molecule has 104 valence electrons. The molecule has 0 spiro atoms. The van der Waals surface area contributed by atoms with Crippen LogP contribution in [0.5, 0.6) is 0 Å². The fourth-order valence-electron chi connectivity index (χ4n) is 2.17. The lowest BCUT2D eigenvalue weighted by molar-refractivity contribution is 0.318. The van der Waals surface area contributed by atoms with Gasteiger partial charge in [-0.1, -0.05) is 18.5 Å². The highest BCUT2D eigenvalue weighted by Crippen LogP contribution is 2.36. The Morgan fingerprint density at radius 3 is 2.79 bits per heavy atom. The van der Waals surface area contributed by atoms with Gasteiger partial charge in [0.15, 0.2) is 5.84 Å². The van der Waals surface area contributed by atoms with Crippen LogP contribution in [0, 0.1) is 0 Å². The van der Waals surface area contributed by atoms with Crippen molar-refractivity contribution in [2.24, 2.45) is 10.9 Å². The predicted octanol–water partition coefficient (Wildman–Crippen LogP) is 3.31. The summed E-state index contributed by atoms with van der Waals surface area (Å²) in [5.74, 6) is 0.138. The van der Waals surface area contributed by atoms with Crippen molar-refractivity contribution in [1.29, 1.82) is 0 Å². The maximum Gasteiger partial charge on any atom is 0.170 e. The van der Waals surface area contributed by atoms with E-state index in [-0.39, 0.29) is 5.84 Å². The molecule has 5 heteroatoms. The molecule has 0 aromatic heterocycles. The second-order valence-corrected chi connectivity index (χ2v) is 5.78. The molecule has 1 aliphatic rings. The number of hydrogen-bond acceptors (Lipinski definition) is 3. The summed E-state index contributed by atoms with van der Waals surface area (Å²) < 4.78 is 1.000. The summed E-state index contributed by atoms with van der Waals surface area (Å²) in [4.78, 5) is 2.46. The van der Waals surface area contributed by atoms with E-state index in [9.17, 15) is 0 Å². The van der Waals surface area contributed by atoms with Crippen LogP contribution in [0.25, 0.3) is 0 Å². The monoisotopic (exact) mass is 325 g/mol. The van der Waals surface area contributed by atoms with Crippen LogP contribution in [0.15, 0.2) is 27.8 Å².